The first-order valence-electron chi connectivity index (χ1n) is 6.64. The van der Waals surface area contributed by atoms with Crippen molar-refractivity contribution in [3.8, 4) is 0 Å². The number of hydrogen-bond donors (Lipinski definition) is 1. The van der Waals surface area contributed by atoms with Crippen LogP contribution >= 0.6 is 0 Å². The van der Waals surface area contributed by atoms with Gasteiger partial charge in [-0.2, -0.15) is 0 Å². The zero-order valence-electron chi connectivity index (χ0n) is 10.9. The van der Waals surface area contributed by atoms with Gasteiger partial charge in [0.15, 0.2) is 11.6 Å². The summed E-state index contributed by atoms with van der Waals surface area (Å²) in [5.74, 6) is -1.01. The number of aliphatic hydroxyl groups is 1. The molecule has 1 aromatic heterocycles. The molecule has 1 aliphatic heterocycles. The van der Waals surface area contributed by atoms with Gasteiger partial charge in [-0.25, -0.2) is 18.7 Å². The molecular formula is C14H15F2N3O. The van der Waals surface area contributed by atoms with Gasteiger partial charge >= 0.3 is 0 Å². The largest absolute Gasteiger partial charge is 0.396 e. The van der Waals surface area contributed by atoms with E-state index in [1.54, 1.807) is 0 Å². The number of aliphatic hydroxyl groups excluding tert-OH is 1. The normalized spacial score (nSPS) is 19.6. The lowest BCUT2D eigenvalue weighted by atomic mass is 9.99. The van der Waals surface area contributed by atoms with Crippen molar-refractivity contribution >= 4 is 16.7 Å². The monoisotopic (exact) mass is 279 g/mol. The molecule has 0 spiro atoms. The van der Waals surface area contributed by atoms with Gasteiger partial charge in [-0.3, -0.25) is 0 Å². The second kappa shape index (κ2) is 5.28. The average molecular weight is 279 g/mol. The molecule has 106 valence electrons. The molecule has 0 radical (unpaired) electrons. The van der Waals surface area contributed by atoms with E-state index in [9.17, 15) is 13.9 Å². The highest BCUT2D eigenvalue weighted by Crippen LogP contribution is 2.28. The van der Waals surface area contributed by atoms with Crippen LogP contribution < -0.4 is 4.90 Å². The molecular weight excluding hydrogens is 264 g/mol. The van der Waals surface area contributed by atoms with E-state index in [1.807, 2.05) is 4.90 Å². The number of rotatable bonds is 2. The molecule has 1 aliphatic rings. The SMILES string of the molecule is OC[C@H]1CCCN(c2ncnc3cc(F)c(F)cc23)C1. The summed E-state index contributed by atoms with van der Waals surface area (Å²) < 4.78 is 26.7. The molecule has 0 unspecified atom stereocenters. The highest BCUT2D eigenvalue weighted by atomic mass is 19.2. The number of aromatic nitrogens is 2. The van der Waals surface area contributed by atoms with E-state index in [0.29, 0.717) is 23.3 Å². The number of hydrogen-bond acceptors (Lipinski definition) is 4. The number of anilines is 1. The van der Waals surface area contributed by atoms with E-state index in [4.69, 9.17) is 0 Å². The second-order valence-electron chi connectivity index (χ2n) is 5.12. The Hall–Kier alpha value is -1.82. The van der Waals surface area contributed by atoms with Crippen molar-refractivity contribution in [3.05, 3.63) is 30.1 Å². The Morgan fingerprint density at radius 2 is 2.05 bits per heavy atom. The van der Waals surface area contributed by atoms with Crippen LogP contribution in [0.1, 0.15) is 12.8 Å². The van der Waals surface area contributed by atoms with Crippen molar-refractivity contribution < 1.29 is 13.9 Å². The molecule has 1 N–H and O–H groups in total. The van der Waals surface area contributed by atoms with Gasteiger partial charge in [-0.05, 0) is 24.8 Å². The van der Waals surface area contributed by atoms with Gasteiger partial charge in [-0.1, -0.05) is 0 Å². The van der Waals surface area contributed by atoms with Gasteiger partial charge in [0.25, 0.3) is 0 Å². The number of halogens is 2. The highest BCUT2D eigenvalue weighted by molar-refractivity contribution is 5.89. The fraction of sp³-hybridized carbons (Fsp3) is 0.429. The third-order valence-corrected chi connectivity index (χ3v) is 3.73. The zero-order chi connectivity index (χ0) is 14.1. The molecule has 3 rings (SSSR count). The van der Waals surface area contributed by atoms with Crippen LogP contribution in [-0.2, 0) is 0 Å². The Morgan fingerprint density at radius 3 is 2.85 bits per heavy atom. The lowest BCUT2D eigenvalue weighted by molar-refractivity contribution is 0.208. The summed E-state index contributed by atoms with van der Waals surface area (Å²) in [5, 5.41) is 9.79. The molecule has 2 heterocycles. The third-order valence-electron chi connectivity index (χ3n) is 3.73. The molecule has 1 atom stereocenters. The molecule has 0 bridgehead atoms. The molecule has 2 aromatic rings. The Balaban J connectivity index is 2.04. The minimum atomic E-state index is -0.908. The van der Waals surface area contributed by atoms with Crippen molar-refractivity contribution in [2.75, 3.05) is 24.6 Å². The molecule has 20 heavy (non-hydrogen) atoms. The second-order valence-corrected chi connectivity index (χ2v) is 5.12. The lowest BCUT2D eigenvalue weighted by Crippen LogP contribution is -2.37. The van der Waals surface area contributed by atoms with Crippen LogP contribution in [0.15, 0.2) is 18.5 Å². The summed E-state index contributed by atoms with van der Waals surface area (Å²) in [6, 6.07) is 2.23. The molecule has 0 aliphatic carbocycles. The van der Waals surface area contributed by atoms with Crippen molar-refractivity contribution in [3.63, 3.8) is 0 Å². The van der Waals surface area contributed by atoms with E-state index in [2.05, 4.69) is 9.97 Å². The fourth-order valence-electron chi connectivity index (χ4n) is 2.70. The Bertz CT molecular complexity index is 635. The van der Waals surface area contributed by atoms with E-state index >= 15 is 0 Å². The van der Waals surface area contributed by atoms with Crippen molar-refractivity contribution in [1.82, 2.24) is 9.97 Å². The molecule has 1 aromatic carbocycles. The summed E-state index contributed by atoms with van der Waals surface area (Å²) in [6.07, 6.45) is 3.27. The molecule has 1 fully saturated rings. The van der Waals surface area contributed by atoms with Crippen molar-refractivity contribution in [1.29, 1.82) is 0 Å². The number of nitrogens with zero attached hydrogens (tertiary/aromatic N) is 3. The van der Waals surface area contributed by atoms with E-state index < -0.39 is 11.6 Å². The van der Waals surface area contributed by atoms with Crippen LogP contribution in [0, 0.1) is 17.6 Å². The van der Waals surface area contributed by atoms with E-state index in [1.165, 1.54) is 6.33 Å². The number of fused-ring (bicyclic) bond motifs is 1. The molecule has 0 saturated carbocycles. The van der Waals surface area contributed by atoms with Crippen LogP contribution in [-0.4, -0.2) is 34.8 Å². The summed E-state index contributed by atoms with van der Waals surface area (Å²) in [4.78, 5) is 10.2. The first kappa shape index (κ1) is 13.2. The molecule has 0 amide bonds. The predicted molar refractivity (Wildman–Crippen MR) is 71.5 cm³/mol. The summed E-state index contributed by atoms with van der Waals surface area (Å²) in [5.41, 5.74) is 0.389. The minimum Gasteiger partial charge on any atom is -0.396 e. The highest BCUT2D eigenvalue weighted by Gasteiger charge is 2.22. The van der Waals surface area contributed by atoms with Crippen LogP contribution in [0.25, 0.3) is 10.9 Å². The van der Waals surface area contributed by atoms with E-state index in [-0.39, 0.29) is 12.5 Å². The van der Waals surface area contributed by atoms with Gasteiger partial charge in [0.2, 0.25) is 0 Å². The maximum absolute atomic E-state index is 13.4. The van der Waals surface area contributed by atoms with Gasteiger partial charge in [0.1, 0.15) is 12.1 Å². The van der Waals surface area contributed by atoms with Crippen LogP contribution in [0.3, 0.4) is 0 Å². The smallest absolute Gasteiger partial charge is 0.161 e. The van der Waals surface area contributed by atoms with Crippen LogP contribution in [0.4, 0.5) is 14.6 Å². The van der Waals surface area contributed by atoms with Crippen LogP contribution in [0.5, 0.6) is 0 Å². The van der Waals surface area contributed by atoms with Crippen LogP contribution in [0.2, 0.25) is 0 Å². The first-order chi connectivity index (χ1) is 9.69. The Morgan fingerprint density at radius 1 is 1.25 bits per heavy atom. The van der Waals surface area contributed by atoms with Gasteiger partial charge in [-0.15, -0.1) is 0 Å². The quantitative estimate of drug-likeness (QED) is 0.914. The maximum atomic E-state index is 13.4. The summed E-state index contributed by atoms with van der Waals surface area (Å²) >= 11 is 0. The van der Waals surface area contributed by atoms with Gasteiger partial charge in [0, 0.05) is 31.1 Å². The van der Waals surface area contributed by atoms with Gasteiger partial charge in [0.05, 0.1) is 5.52 Å². The van der Waals surface area contributed by atoms with E-state index in [0.717, 1.165) is 31.5 Å². The molecule has 4 nitrogen and oxygen atoms in total. The lowest BCUT2D eigenvalue weighted by Gasteiger charge is -2.33. The van der Waals surface area contributed by atoms with Gasteiger partial charge < -0.3 is 10.0 Å². The Labute approximate surface area is 115 Å². The topological polar surface area (TPSA) is 49.2 Å². The summed E-state index contributed by atoms with van der Waals surface area (Å²) in [7, 11) is 0. The minimum absolute atomic E-state index is 0.127. The number of benzene rings is 1. The predicted octanol–water partition coefficient (Wildman–Crippen LogP) is 2.12. The maximum Gasteiger partial charge on any atom is 0.161 e. The standard InChI is InChI=1S/C14H15F2N3O/c15-11-4-10-13(5-12(11)16)17-8-18-14(10)19-3-1-2-9(6-19)7-20/h4-5,8-9,20H,1-3,6-7H2/t9-/m0/s1. The zero-order valence-corrected chi connectivity index (χ0v) is 10.9. The van der Waals surface area contributed by atoms with Crippen molar-refractivity contribution in [2.45, 2.75) is 12.8 Å². The third kappa shape index (κ3) is 2.31. The molecule has 1 saturated heterocycles. The van der Waals surface area contributed by atoms with Crippen molar-refractivity contribution in [2.24, 2.45) is 5.92 Å². The fourth-order valence-corrected chi connectivity index (χ4v) is 2.70. The molecule has 6 heteroatoms. The average Bonchev–Trinajstić information content (AvgIpc) is 2.48. The first-order valence-corrected chi connectivity index (χ1v) is 6.64. The summed E-state index contributed by atoms with van der Waals surface area (Å²) in [6.45, 7) is 1.59. The Kier molecular flexibility index (Phi) is 3.48. The number of piperidine rings is 1.